The van der Waals surface area contributed by atoms with Gasteiger partial charge in [0.25, 0.3) is 5.91 Å². The van der Waals surface area contributed by atoms with Gasteiger partial charge < -0.3 is 36.4 Å². The van der Waals surface area contributed by atoms with Crippen molar-refractivity contribution < 1.29 is 29.2 Å². The van der Waals surface area contributed by atoms with Gasteiger partial charge in [0, 0.05) is 24.7 Å². The highest BCUT2D eigenvalue weighted by molar-refractivity contribution is 6.01. The van der Waals surface area contributed by atoms with E-state index < -0.39 is 17.8 Å². The number of rotatable bonds is 8. The molecule has 13 nitrogen and oxygen atoms in total. The van der Waals surface area contributed by atoms with Crippen LogP contribution in [0, 0.1) is 17.1 Å². The van der Waals surface area contributed by atoms with Gasteiger partial charge in [-0.2, -0.15) is 5.26 Å². The number of carbonyl (C=O) groups is 1. The number of methoxy groups -OCH3 is 1. The van der Waals surface area contributed by atoms with Crippen molar-refractivity contribution in [2.75, 3.05) is 17.7 Å². The van der Waals surface area contributed by atoms with E-state index in [1.165, 1.54) is 37.6 Å². The summed E-state index contributed by atoms with van der Waals surface area (Å²) in [6.45, 7) is 0. The summed E-state index contributed by atoms with van der Waals surface area (Å²) in [4.78, 5) is 24.6. The minimum Gasteiger partial charge on any atom is -0.492 e. The van der Waals surface area contributed by atoms with E-state index in [9.17, 15) is 14.4 Å². The van der Waals surface area contributed by atoms with Crippen molar-refractivity contribution in [2.45, 2.75) is 6.10 Å². The molecule has 180 valence electrons. The van der Waals surface area contributed by atoms with E-state index in [0.717, 1.165) is 18.6 Å². The molecular formula is C21H19FN8O5. The number of aromatic nitrogens is 3. The molecule has 0 unspecified atom stereocenters. The zero-order valence-corrected chi connectivity index (χ0v) is 18.0. The number of hydrogen-bond acceptors (Lipinski definition) is 12. The van der Waals surface area contributed by atoms with Crippen LogP contribution in [-0.2, 0) is 0 Å². The maximum atomic E-state index is 13.2. The normalized spacial score (nSPS) is 11.4. The number of pyridine rings is 3. The van der Waals surface area contributed by atoms with Gasteiger partial charge in [0.2, 0.25) is 0 Å². The molecule has 3 aromatic rings. The first kappa shape index (κ1) is 24.8. The maximum absolute atomic E-state index is 13.2. The molecule has 3 heterocycles. The van der Waals surface area contributed by atoms with Gasteiger partial charge in [-0.1, -0.05) is 0 Å². The van der Waals surface area contributed by atoms with Crippen LogP contribution in [0.3, 0.4) is 0 Å². The van der Waals surface area contributed by atoms with Crippen LogP contribution >= 0.6 is 0 Å². The largest absolute Gasteiger partial charge is 0.492 e. The van der Waals surface area contributed by atoms with Crippen molar-refractivity contribution in [2.24, 2.45) is 5.73 Å². The first-order chi connectivity index (χ1) is 16.6. The third-order valence-electron chi connectivity index (χ3n) is 4.33. The second-order valence-corrected chi connectivity index (χ2v) is 6.75. The quantitative estimate of drug-likeness (QED) is 0.174. The molecule has 3 aromatic heterocycles. The Morgan fingerprint density at radius 2 is 1.89 bits per heavy atom. The van der Waals surface area contributed by atoms with Crippen molar-refractivity contribution in [3.05, 3.63) is 66.1 Å². The number of anilines is 4. The lowest BCUT2D eigenvalue weighted by Crippen LogP contribution is -2.48. The van der Waals surface area contributed by atoms with E-state index in [4.69, 9.17) is 25.8 Å². The second-order valence-electron chi connectivity index (χ2n) is 6.75. The lowest BCUT2D eigenvalue weighted by Gasteiger charge is -2.19. The van der Waals surface area contributed by atoms with E-state index in [1.807, 2.05) is 6.07 Å². The maximum Gasteiger partial charge on any atom is 0.369 e. The number of aliphatic hydroxyl groups is 3. The number of halogens is 1. The Morgan fingerprint density at radius 1 is 1.14 bits per heavy atom. The second kappa shape index (κ2) is 10.4. The summed E-state index contributed by atoms with van der Waals surface area (Å²) in [5, 5.41) is 44.1. The molecule has 0 aliphatic carbocycles. The van der Waals surface area contributed by atoms with E-state index in [2.05, 4.69) is 25.6 Å². The number of nitrogens with one attached hydrogen (secondary N) is 3. The van der Waals surface area contributed by atoms with Gasteiger partial charge in [-0.25, -0.2) is 14.4 Å². The monoisotopic (exact) mass is 482 g/mol. The summed E-state index contributed by atoms with van der Waals surface area (Å²) in [7, 11) is 1.34. The topological polar surface area (TPSA) is 212 Å². The molecule has 0 saturated carbocycles. The van der Waals surface area contributed by atoms with Gasteiger partial charge in [-0.15, -0.1) is 0 Å². The number of hydrogen-bond donors (Lipinski definition) is 7. The van der Waals surface area contributed by atoms with Crippen LogP contribution in [0.4, 0.5) is 27.4 Å². The van der Waals surface area contributed by atoms with E-state index in [-0.39, 0.29) is 45.6 Å². The van der Waals surface area contributed by atoms with Gasteiger partial charge in [0.05, 0.1) is 35.8 Å². The lowest BCUT2D eigenvalue weighted by atomic mass is 10.1. The van der Waals surface area contributed by atoms with E-state index >= 15 is 0 Å². The highest BCUT2D eigenvalue weighted by Crippen LogP contribution is 2.35. The number of carbonyl (C=O) groups excluding carboxylic acids is 1. The molecule has 0 fully saturated rings. The minimum atomic E-state index is -3.49. The third-order valence-corrected chi connectivity index (χ3v) is 4.33. The first-order valence-corrected chi connectivity index (χ1v) is 9.65. The summed E-state index contributed by atoms with van der Waals surface area (Å²) in [5.74, 6) is -1.12. The minimum absolute atomic E-state index is 0.0218. The van der Waals surface area contributed by atoms with Gasteiger partial charge in [0.15, 0.2) is 5.75 Å². The molecule has 8 N–H and O–H groups in total. The van der Waals surface area contributed by atoms with Crippen molar-refractivity contribution in [1.29, 1.82) is 5.26 Å². The fraction of sp³-hybridized carbons (Fsp3) is 0.0952. The van der Waals surface area contributed by atoms with Crippen molar-refractivity contribution >= 4 is 34.5 Å². The summed E-state index contributed by atoms with van der Waals surface area (Å²) >= 11 is 0. The number of nitrogens with zero attached hydrogens (tertiary/aromatic N) is 4. The van der Waals surface area contributed by atoms with Gasteiger partial charge >= 0.3 is 6.10 Å². The summed E-state index contributed by atoms with van der Waals surface area (Å²) in [6.07, 6.45) is 1.00. The fourth-order valence-electron chi connectivity index (χ4n) is 2.87. The fourth-order valence-corrected chi connectivity index (χ4v) is 2.87. The molecule has 0 atom stereocenters. The standard InChI is InChI=1S/C21H19FN8O5/c1-35-19-14(4-5-25-18(19)11(7-23)8-24)28-15-6-17(29-16-3-2-12(22)9-26-16)27-10-13(15)20(31)30-21(32,33)34/h2-7,9-10,32-34H,23H2,1H3,(H,30,31)(H2,25,26,27,28,29). The van der Waals surface area contributed by atoms with E-state index in [0.29, 0.717) is 0 Å². The van der Waals surface area contributed by atoms with Gasteiger partial charge in [0.1, 0.15) is 29.2 Å². The third kappa shape index (κ3) is 6.15. The Labute approximate surface area is 197 Å². The van der Waals surface area contributed by atoms with Crippen LogP contribution < -0.4 is 26.4 Å². The molecule has 0 radical (unpaired) electrons. The van der Waals surface area contributed by atoms with Crippen molar-refractivity contribution in [3.63, 3.8) is 0 Å². The van der Waals surface area contributed by atoms with Crippen LogP contribution in [0.15, 0.2) is 49.1 Å². The summed E-state index contributed by atoms with van der Waals surface area (Å²) in [5.41, 5.74) is 5.72. The molecular weight excluding hydrogens is 463 g/mol. The van der Waals surface area contributed by atoms with Crippen LogP contribution in [0.25, 0.3) is 5.57 Å². The van der Waals surface area contributed by atoms with Crippen molar-refractivity contribution in [3.8, 4) is 11.8 Å². The molecule has 3 rings (SSSR count). The van der Waals surface area contributed by atoms with Crippen LogP contribution in [0.2, 0.25) is 0 Å². The predicted octanol–water partition coefficient (Wildman–Crippen LogP) is 0.648. The molecule has 0 aliphatic rings. The average Bonchev–Trinajstić information content (AvgIpc) is 2.80. The molecule has 0 aromatic carbocycles. The number of nitriles is 1. The molecule has 35 heavy (non-hydrogen) atoms. The predicted molar refractivity (Wildman–Crippen MR) is 120 cm³/mol. The van der Waals surface area contributed by atoms with Crippen molar-refractivity contribution in [1.82, 2.24) is 20.3 Å². The Bertz CT molecular complexity index is 1300. The highest BCUT2D eigenvalue weighted by Gasteiger charge is 2.25. The molecule has 0 spiro atoms. The van der Waals surface area contributed by atoms with Gasteiger partial charge in [-0.05, 0) is 18.2 Å². The Kier molecular flexibility index (Phi) is 7.37. The van der Waals surface area contributed by atoms with Crippen LogP contribution in [-0.4, -0.2) is 49.4 Å². The molecule has 0 bridgehead atoms. The number of amides is 1. The Hall–Kier alpha value is -4.84. The Balaban J connectivity index is 2.07. The number of allylic oxidation sites excluding steroid dienone is 1. The number of nitrogens with two attached hydrogens (primary N) is 1. The zero-order chi connectivity index (χ0) is 25.6. The summed E-state index contributed by atoms with van der Waals surface area (Å²) < 4.78 is 18.5. The molecule has 1 amide bonds. The lowest BCUT2D eigenvalue weighted by molar-refractivity contribution is -0.323. The zero-order valence-electron chi connectivity index (χ0n) is 18.0. The van der Waals surface area contributed by atoms with Crippen LogP contribution in [0.5, 0.6) is 5.75 Å². The smallest absolute Gasteiger partial charge is 0.369 e. The van der Waals surface area contributed by atoms with E-state index in [1.54, 1.807) is 5.32 Å². The molecule has 0 saturated heterocycles. The molecule has 14 heteroatoms. The van der Waals surface area contributed by atoms with Crippen LogP contribution in [0.1, 0.15) is 16.1 Å². The average molecular weight is 482 g/mol. The van der Waals surface area contributed by atoms with Gasteiger partial charge in [-0.3, -0.25) is 15.1 Å². The highest BCUT2D eigenvalue weighted by atomic mass is 19.1. The molecule has 0 aliphatic heterocycles. The Morgan fingerprint density at radius 3 is 2.49 bits per heavy atom. The summed E-state index contributed by atoms with van der Waals surface area (Å²) in [6, 6.07) is 7.28. The number of ether oxygens (including phenoxy) is 1. The SMILES string of the molecule is COc1c(Nc2cc(Nc3ccc(F)cn3)ncc2C(=O)NC(O)(O)O)ccnc1C(C#N)=CN. The first-order valence-electron chi connectivity index (χ1n) is 9.65.